The van der Waals surface area contributed by atoms with Crippen molar-refractivity contribution in [2.75, 3.05) is 13.7 Å². The lowest BCUT2D eigenvalue weighted by molar-refractivity contribution is -0.197. The van der Waals surface area contributed by atoms with Crippen LogP contribution >= 0.6 is 0 Å². The first-order chi connectivity index (χ1) is 6.60. The number of carbonyl (C=O) groups excluding carboxylic acids is 1. The molecule has 0 amide bonds. The summed E-state index contributed by atoms with van der Waals surface area (Å²) in [6.07, 6.45) is -4.13. The molecule has 1 heterocycles. The zero-order valence-corrected chi connectivity index (χ0v) is 7.79. The van der Waals surface area contributed by atoms with Gasteiger partial charge in [-0.05, 0) is 0 Å². The molecule has 0 aromatic carbocycles. The van der Waals surface area contributed by atoms with Gasteiger partial charge in [-0.15, -0.1) is 0 Å². The van der Waals surface area contributed by atoms with Gasteiger partial charge in [-0.2, -0.15) is 0 Å². The van der Waals surface area contributed by atoms with E-state index in [-0.39, 0.29) is 6.42 Å². The van der Waals surface area contributed by atoms with E-state index in [0.717, 1.165) is 0 Å². The van der Waals surface area contributed by atoms with Gasteiger partial charge in [-0.1, -0.05) is 0 Å². The highest BCUT2D eigenvalue weighted by atomic mass is 16.6. The van der Waals surface area contributed by atoms with E-state index in [0.29, 0.717) is 0 Å². The average molecular weight is 206 g/mol. The maximum Gasteiger partial charge on any atom is 0.335 e. The van der Waals surface area contributed by atoms with E-state index in [1.165, 1.54) is 7.11 Å². The predicted octanol–water partition coefficient (Wildman–Crippen LogP) is -1.97. The summed E-state index contributed by atoms with van der Waals surface area (Å²) < 4.78 is 9.46. The van der Waals surface area contributed by atoms with Gasteiger partial charge in [-0.3, -0.25) is 0 Å². The maximum absolute atomic E-state index is 11.1. The van der Waals surface area contributed by atoms with E-state index >= 15 is 0 Å². The molecule has 4 atom stereocenters. The Kier molecular flexibility index (Phi) is 3.82. The number of carbonyl (C=O) groups is 1. The van der Waals surface area contributed by atoms with Gasteiger partial charge in [0, 0.05) is 6.42 Å². The highest BCUT2D eigenvalue weighted by Crippen LogP contribution is 2.20. The molecule has 1 saturated heterocycles. The van der Waals surface area contributed by atoms with Gasteiger partial charge in [0.15, 0.2) is 6.10 Å². The van der Waals surface area contributed by atoms with Crippen LogP contribution < -0.4 is 0 Å². The molecule has 6 heteroatoms. The first-order valence-corrected chi connectivity index (χ1v) is 4.30. The number of ether oxygens (including phenoxy) is 2. The minimum Gasteiger partial charge on any atom is -0.467 e. The summed E-state index contributed by atoms with van der Waals surface area (Å²) in [5.74, 6) is -0.616. The van der Waals surface area contributed by atoms with Crippen molar-refractivity contribution in [2.45, 2.75) is 30.8 Å². The Bertz CT molecular complexity index is 206. The molecule has 0 saturated carbocycles. The highest BCUT2D eigenvalue weighted by molar-refractivity contribution is 5.74. The molecule has 0 spiro atoms. The molecular formula is C8H14O6. The number of aliphatic hydroxyl groups is 3. The van der Waals surface area contributed by atoms with Crippen molar-refractivity contribution in [3.63, 3.8) is 0 Å². The Morgan fingerprint density at radius 1 is 1.57 bits per heavy atom. The van der Waals surface area contributed by atoms with Crippen LogP contribution in [0.1, 0.15) is 6.42 Å². The second-order valence-electron chi connectivity index (χ2n) is 3.16. The van der Waals surface area contributed by atoms with E-state index in [1.807, 2.05) is 0 Å². The summed E-state index contributed by atoms with van der Waals surface area (Å²) in [6.45, 7) is -0.453. The lowest BCUT2D eigenvalue weighted by Gasteiger charge is -2.34. The van der Waals surface area contributed by atoms with Gasteiger partial charge in [-0.25, -0.2) is 4.79 Å². The van der Waals surface area contributed by atoms with Gasteiger partial charge < -0.3 is 24.8 Å². The largest absolute Gasteiger partial charge is 0.467 e. The smallest absolute Gasteiger partial charge is 0.335 e. The summed E-state index contributed by atoms with van der Waals surface area (Å²) in [5, 5.41) is 27.5. The number of hydrogen-bond donors (Lipinski definition) is 3. The molecule has 1 aliphatic rings. The SMILES string of the molecule is COC(=O)[C@H]1CC(O)C(O)C(CO)O1. The molecule has 82 valence electrons. The van der Waals surface area contributed by atoms with Crippen LogP contribution in [-0.4, -0.2) is 59.4 Å². The lowest BCUT2D eigenvalue weighted by atomic mass is 9.98. The van der Waals surface area contributed by atoms with Crippen LogP contribution in [0, 0.1) is 0 Å². The van der Waals surface area contributed by atoms with Gasteiger partial charge >= 0.3 is 5.97 Å². The molecule has 1 fully saturated rings. The Labute approximate surface area is 81.1 Å². The average Bonchev–Trinajstić information content (AvgIpc) is 2.20. The molecule has 6 nitrogen and oxygen atoms in total. The van der Waals surface area contributed by atoms with Crippen LogP contribution in [0.5, 0.6) is 0 Å². The van der Waals surface area contributed by atoms with E-state index in [2.05, 4.69) is 4.74 Å². The van der Waals surface area contributed by atoms with Crippen LogP contribution in [0.4, 0.5) is 0 Å². The van der Waals surface area contributed by atoms with Gasteiger partial charge in [0.1, 0.15) is 12.2 Å². The van der Waals surface area contributed by atoms with Crippen molar-refractivity contribution >= 4 is 5.97 Å². The van der Waals surface area contributed by atoms with Gasteiger partial charge in [0.25, 0.3) is 0 Å². The Morgan fingerprint density at radius 2 is 2.21 bits per heavy atom. The van der Waals surface area contributed by atoms with Crippen molar-refractivity contribution in [1.82, 2.24) is 0 Å². The zero-order valence-electron chi connectivity index (χ0n) is 7.79. The summed E-state index contributed by atoms with van der Waals surface area (Å²) >= 11 is 0. The number of rotatable bonds is 2. The number of aliphatic hydroxyl groups excluding tert-OH is 3. The second-order valence-corrected chi connectivity index (χ2v) is 3.16. The molecule has 0 aliphatic carbocycles. The van der Waals surface area contributed by atoms with Crippen LogP contribution in [0.3, 0.4) is 0 Å². The van der Waals surface area contributed by atoms with Gasteiger partial charge in [0.05, 0.1) is 19.8 Å². The van der Waals surface area contributed by atoms with Crippen molar-refractivity contribution in [2.24, 2.45) is 0 Å². The third-order valence-electron chi connectivity index (χ3n) is 2.21. The molecule has 14 heavy (non-hydrogen) atoms. The summed E-state index contributed by atoms with van der Waals surface area (Å²) in [5.41, 5.74) is 0. The number of methoxy groups -OCH3 is 1. The fourth-order valence-corrected chi connectivity index (χ4v) is 1.39. The molecular weight excluding hydrogens is 192 g/mol. The number of hydrogen-bond acceptors (Lipinski definition) is 6. The monoisotopic (exact) mass is 206 g/mol. The second kappa shape index (κ2) is 4.70. The summed E-state index contributed by atoms with van der Waals surface area (Å²) in [4.78, 5) is 11.1. The minimum atomic E-state index is -1.17. The lowest BCUT2D eigenvalue weighted by Crippen LogP contribution is -2.52. The topological polar surface area (TPSA) is 96.2 Å². The molecule has 3 N–H and O–H groups in total. The van der Waals surface area contributed by atoms with E-state index < -0.39 is 37.0 Å². The standard InChI is InChI=1S/C8H14O6/c1-13-8(12)5-2-4(10)7(11)6(3-9)14-5/h4-7,9-11H,2-3H2,1H3/t4?,5-,6?,7?/m1/s1. The Hall–Kier alpha value is -0.690. The first-order valence-electron chi connectivity index (χ1n) is 4.30. The van der Waals surface area contributed by atoms with Crippen molar-refractivity contribution < 1.29 is 29.6 Å². The summed E-state index contributed by atoms with van der Waals surface area (Å²) in [6, 6.07) is 0. The van der Waals surface area contributed by atoms with Gasteiger partial charge in [0.2, 0.25) is 0 Å². The van der Waals surface area contributed by atoms with Crippen LogP contribution in [0.2, 0.25) is 0 Å². The number of esters is 1. The van der Waals surface area contributed by atoms with E-state index in [9.17, 15) is 15.0 Å². The normalized spacial score (nSPS) is 38.0. The molecule has 0 aromatic rings. The molecule has 1 aliphatic heterocycles. The summed E-state index contributed by atoms with van der Waals surface area (Å²) in [7, 11) is 1.21. The minimum absolute atomic E-state index is 0.0235. The third kappa shape index (κ3) is 2.21. The molecule has 3 unspecified atom stereocenters. The molecule has 1 rings (SSSR count). The van der Waals surface area contributed by atoms with Crippen molar-refractivity contribution in [3.8, 4) is 0 Å². The molecule has 0 aromatic heterocycles. The fraction of sp³-hybridized carbons (Fsp3) is 0.875. The van der Waals surface area contributed by atoms with E-state index in [4.69, 9.17) is 9.84 Å². The molecule has 0 bridgehead atoms. The predicted molar refractivity (Wildman–Crippen MR) is 44.4 cm³/mol. The quantitative estimate of drug-likeness (QED) is 0.454. The third-order valence-corrected chi connectivity index (χ3v) is 2.21. The molecule has 0 radical (unpaired) electrons. The van der Waals surface area contributed by atoms with Crippen LogP contribution in [0.15, 0.2) is 0 Å². The first kappa shape index (κ1) is 11.4. The van der Waals surface area contributed by atoms with E-state index in [1.54, 1.807) is 0 Å². The van der Waals surface area contributed by atoms with Crippen molar-refractivity contribution in [1.29, 1.82) is 0 Å². The fourth-order valence-electron chi connectivity index (χ4n) is 1.39. The van der Waals surface area contributed by atoms with Crippen molar-refractivity contribution in [3.05, 3.63) is 0 Å². The highest BCUT2D eigenvalue weighted by Gasteiger charge is 2.39. The zero-order chi connectivity index (χ0) is 10.7. The van der Waals surface area contributed by atoms with Crippen LogP contribution in [0.25, 0.3) is 0 Å². The van der Waals surface area contributed by atoms with Crippen LogP contribution in [-0.2, 0) is 14.3 Å². The Balaban J connectivity index is 2.62. The Morgan fingerprint density at radius 3 is 2.71 bits per heavy atom. The maximum atomic E-state index is 11.1.